The summed E-state index contributed by atoms with van der Waals surface area (Å²) in [6.07, 6.45) is 3.50. The van der Waals surface area contributed by atoms with Gasteiger partial charge in [0.1, 0.15) is 24.0 Å². The SMILES string of the molecule is C=CCn1nc(C(C)c2cccc(CCC(=O)OCC)c2F)nc1-c1cc(Oc2c(F)cc3c(ccn3COCC[Si](C)(C)C)c2F)ccc1OCOC. The van der Waals surface area contributed by atoms with Gasteiger partial charge >= 0.3 is 5.97 Å². The zero-order valence-corrected chi connectivity index (χ0v) is 32.6. The zero-order valence-electron chi connectivity index (χ0n) is 31.6. The van der Waals surface area contributed by atoms with Crippen LogP contribution in [-0.2, 0) is 38.7 Å². The van der Waals surface area contributed by atoms with E-state index in [-0.39, 0.29) is 50.7 Å². The summed E-state index contributed by atoms with van der Waals surface area (Å²) in [6, 6.07) is 13.4. The maximum Gasteiger partial charge on any atom is 0.306 e. The highest BCUT2D eigenvalue weighted by Gasteiger charge is 2.25. The van der Waals surface area contributed by atoms with Crippen molar-refractivity contribution in [3.63, 3.8) is 0 Å². The number of ether oxygens (including phenoxy) is 5. The fourth-order valence-corrected chi connectivity index (χ4v) is 6.59. The number of aromatic nitrogens is 4. The Morgan fingerprint density at radius 3 is 2.59 bits per heavy atom. The van der Waals surface area contributed by atoms with Gasteiger partial charge in [0.15, 0.2) is 35.8 Å². The van der Waals surface area contributed by atoms with Gasteiger partial charge in [-0.15, -0.1) is 6.58 Å². The number of fused-ring (bicyclic) bond motifs is 1. The van der Waals surface area contributed by atoms with Gasteiger partial charge in [-0.1, -0.05) is 50.8 Å². The van der Waals surface area contributed by atoms with Crippen LogP contribution in [0.5, 0.6) is 17.2 Å². The van der Waals surface area contributed by atoms with Crippen LogP contribution >= 0.6 is 0 Å². The topological polar surface area (TPSA) is 98.9 Å². The maximum atomic E-state index is 15.9. The van der Waals surface area contributed by atoms with Crippen molar-refractivity contribution >= 4 is 24.9 Å². The van der Waals surface area contributed by atoms with Gasteiger partial charge in [-0.2, -0.15) is 5.10 Å². The molecule has 0 aliphatic heterocycles. The summed E-state index contributed by atoms with van der Waals surface area (Å²) >= 11 is 0. The molecule has 5 rings (SSSR count). The van der Waals surface area contributed by atoms with E-state index in [9.17, 15) is 4.79 Å². The smallest absolute Gasteiger partial charge is 0.306 e. The second-order valence-corrected chi connectivity index (χ2v) is 19.6. The van der Waals surface area contributed by atoms with E-state index >= 15 is 13.2 Å². The number of hydrogen-bond acceptors (Lipinski definition) is 8. The highest BCUT2D eigenvalue weighted by atomic mass is 28.3. The van der Waals surface area contributed by atoms with Crippen LogP contribution in [0, 0.1) is 17.5 Å². The number of benzene rings is 3. The Morgan fingerprint density at radius 2 is 1.87 bits per heavy atom. The lowest BCUT2D eigenvalue weighted by molar-refractivity contribution is -0.143. The first-order chi connectivity index (χ1) is 25.8. The summed E-state index contributed by atoms with van der Waals surface area (Å²) in [7, 11) is 0.180. The van der Waals surface area contributed by atoms with Gasteiger partial charge in [-0.25, -0.2) is 22.8 Å². The molecule has 0 saturated carbocycles. The number of carbonyl (C=O) groups excluding carboxylic acids is 1. The second kappa shape index (κ2) is 17.9. The van der Waals surface area contributed by atoms with Crippen molar-refractivity contribution < 1.29 is 41.7 Å². The molecule has 1 unspecified atom stereocenters. The van der Waals surface area contributed by atoms with Gasteiger partial charge in [0.05, 0.1) is 24.2 Å². The average Bonchev–Trinajstić information content (AvgIpc) is 3.74. The summed E-state index contributed by atoms with van der Waals surface area (Å²) in [5, 5.41) is 4.88. The minimum absolute atomic E-state index is 0.0455. The molecule has 2 heterocycles. The standard InChI is InChI=1S/C40H47F3N4O6Si/c1-8-18-47-40(44-39(45-47)26(3)29-12-10-11-27(36(29)42)13-16-35(48)51-9-2)31-22-28(14-15-34(31)52-25-49-4)53-38-32(41)23-33-30(37(38)43)17-19-46(33)24-50-20-21-54(5,6)7/h8,10-12,14-15,17,19,22-23,26H,1,9,13,16,18,20-21,24-25H2,2-7H3. The molecule has 0 aliphatic carbocycles. The zero-order chi connectivity index (χ0) is 39.0. The molecular formula is C40H47F3N4O6Si. The van der Waals surface area contributed by atoms with Crippen LogP contribution in [0.4, 0.5) is 13.2 Å². The maximum absolute atomic E-state index is 15.9. The van der Waals surface area contributed by atoms with Crippen LogP contribution in [0.2, 0.25) is 25.7 Å². The molecule has 2 aromatic heterocycles. The van der Waals surface area contributed by atoms with Crippen LogP contribution < -0.4 is 9.47 Å². The Kier molecular flexibility index (Phi) is 13.4. The minimum atomic E-state index is -1.29. The molecule has 3 aromatic carbocycles. The third-order valence-corrected chi connectivity index (χ3v) is 10.5. The Labute approximate surface area is 314 Å². The molecule has 0 radical (unpaired) electrons. The third kappa shape index (κ3) is 9.59. The van der Waals surface area contributed by atoms with Gasteiger partial charge in [0, 0.05) is 51.8 Å². The second-order valence-electron chi connectivity index (χ2n) is 14.0. The largest absolute Gasteiger partial charge is 0.467 e. The number of hydrogen-bond donors (Lipinski definition) is 0. The van der Waals surface area contributed by atoms with Gasteiger partial charge in [0.25, 0.3) is 0 Å². The van der Waals surface area contributed by atoms with Crippen molar-refractivity contribution in [1.82, 2.24) is 19.3 Å². The summed E-state index contributed by atoms with van der Waals surface area (Å²) in [6.45, 7) is 15.2. The van der Waals surface area contributed by atoms with Crippen LogP contribution in [0.3, 0.4) is 0 Å². The van der Waals surface area contributed by atoms with Crippen molar-refractivity contribution in [3.8, 4) is 28.6 Å². The lowest BCUT2D eigenvalue weighted by Gasteiger charge is -2.16. The van der Waals surface area contributed by atoms with Crippen molar-refractivity contribution in [2.45, 2.75) is 71.6 Å². The van der Waals surface area contributed by atoms with Crippen molar-refractivity contribution in [2.24, 2.45) is 0 Å². The van der Waals surface area contributed by atoms with Gasteiger partial charge in [0.2, 0.25) is 0 Å². The molecule has 10 nitrogen and oxygen atoms in total. The van der Waals surface area contributed by atoms with E-state index < -0.39 is 43.2 Å². The molecule has 1 atom stereocenters. The molecule has 0 amide bonds. The Balaban J connectivity index is 1.47. The average molecular weight is 765 g/mol. The number of carbonyl (C=O) groups is 1. The fourth-order valence-electron chi connectivity index (χ4n) is 5.83. The number of allylic oxidation sites excluding steroid dienone is 1. The molecule has 14 heteroatoms. The third-order valence-electron chi connectivity index (χ3n) is 8.75. The van der Waals surface area contributed by atoms with E-state index in [2.05, 4.69) is 26.2 Å². The van der Waals surface area contributed by atoms with Gasteiger partial charge < -0.3 is 28.3 Å². The molecule has 0 fully saturated rings. The number of nitrogens with zero attached hydrogens (tertiary/aromatic N) is 4. The molecule has 288 valence electrons. The van der Waals surface area contributed by atoms with Crippen LogP contribution in [0.25, 0.3) is 22.3 Å². The molecule has 0 saturated heterocycles. The number of aryl methyl sites for hydroxylation is 1. The van der Waals surface area contributed by atoms with E-state index in [0.717, 1.165) is 6.04 Å². The predicted molar refractivity (Wildman–Crippen MR) is 203 cm³/mol. The fraction of sp³-hybridized carbons (Fsp3) is 0.375. The summed E-state index contributed by atoms with van der Waals surface area (Å²) < 4.78 is 78.2. The molecule has 5 aromatic rings. The Bertz CT molecular complexity index is 2090. The number of methoxy groups -OCH3 is 1. The van der Waals surface area contributed by atoms with E-state index in [4.69, 9.17) is 33.8 Å². The minimum Gasteiger partial charge on any atom is -0.467 e. The predicted octanol–water partition coefficient (Wildman–Crippen LogP) is 9.24. The number of halogens is 3. The van der Waals surface area contributed by atoms with Crippen molar-refractivity contribution in [2.75, 3.05) is 27.1 Å². The van der Waals surface area contributed by atoms with Crippen LogP contribution in [0.15, 0.2) is 67.4 Å². The normalized spacial score (nSPS) is 12.2. The molecule has 0 bridgehead atoms. The van der Waals surface area contributed by atoms with Crippen LogP contribution in [0.1, 0.15) is 43.1 Å². The lowest BCUT2D eigenvalue weighted by atomic mass is 9.96. The molecular weight excluding hydrogens is 718 g/mol. The van der Waals surface area contributed by atoms with E-state index in [0.29, 0.717) is 46.2 Å². The van der Waals surface area contributed by atoms with E-state index in [1.165, 1.54) is 19.2 Å². The summed E-state index contributed by atoms with van der Waals surface area (Å²) in [4.78, 5) is 16.7. The summed E-state index contributed by atoms with van der Waals surface area (Å²) in [5.41, 5.74) is 1.44. The molecule has 0 aliphatic rings. The highest BCUT2D eigenvalue weighted by Crippen LogP contribution is 2.39. The quantitative estimate of drug-likeness (QED) is 0.0270. The molecule has 54 heavy (non-hydrogen) atoms. The molecule has 0 N–H and O–H groups in total. The first-order valence-corrected chi connectivity index (χ1v) is 21.5. The Morgan fingerprint density at radius 1 is 1.07 bits per heavy atom. The monoisotopic (exact) mass is 764 g/mol. The summed E-state index contributed by atoms with van der Waals surface area (Å²) in [5.74, 6) is -2.73. The van der Waals surface area contributed by atoms with Crippen molar-refractivity contribution in [1.29, 1.82) is 0 Å². The van der Waals surface area contributed by atoms with E-state index in [1.807, 2.05) is 0 Å². The Hall–Kier alpha value is -4.92. The van der Waals surface area contributed by atoms with Gasteiger partial charge in [-0.3, -0.25) is 4.79 Å². The highest BCUT2D eigenvalue weighted by molar-refractivity contribution is 6.76. The first-order valence-electron chi connectivity index (χ1n) is 17.8. The van der Waals surface area contributed by atoms with E-state index in [1.54, 1.807) is 71.8 Å². The number of esters is 1. The van der Waals surface area contributed by atoms with Crippen molar-refractivity contribution in [3.05, 3.63) is 102 Å². The molecule has 0 spiro atoms. The first kappa shape index (κ1) is 40.3. The van der Waals surface area contributed by atoms with Gasteiger partial charge in [-0.05, 0) is 54.8 Å². The lowest BCUT2D eigenvalue weighted by Crippen LogP contribution is -2.21. The number of rotatable bonds is 19. The van der Waals surface area contributed by atoms with Crippen LogP contribution in [-0.4, -0.2) is 60.5 Å².